The molecule has 9 heteroatoms. The fourth-order valence-electron chi connectivity index (χ4n) is 1.77. The van der Waals surface area contributed by atoms with Crippen molar-refractivity contribution in [3.05, 3.63) is 12.2 Å². The van der Waals surface area contributed by atoms with E-state index in [4.69, 9.17) is 4.74 Å². The van der Waals surface area contributed by atoms with Crippen molar-refractivity contribution >= 4 is 11.9 Å². The van der Waals surface area contributed by atoms with E-state index in [-0.39, 0.29) is 12.5 Å². The van der Waals surface area contributed by atoms with Gasteiger partial charge < -0.3 is 24.8 Å². The van der Waals surface area contributed by atoms with Gasteiger partial charge in [-0.05, 0) is 0 Å². The van der Waals surface area contributed by atoms with Gasteiger partial charge in [0.1, 0.15) is 18.7 Å². The van der Waals surface area contributed by atoms with Crippen molar-refractivity contribution in [3.8, 4) is 0 Å². The number of nitrogens with one attached hydrogen (secondary N) is 2. The molecule has 0 aliphatic carbocycles. The zero-order valence-electron chi connectivity index (χ0n) is 14.4. The van der Waals surface area contributed by atoms with Gasteiger partial charge in [-0.2, -0.15) is 0 Å². The van der Waals surface area contributed by atoms with E-state index in [1.165, 1.54) is 4.90 Å². The Kier molecular flexibility index (Phi) is 8.66. The molecule has 23 heavy (non-hydrogen) atoms. The summed E-state index contributed by atoms with van der Waals surface area (Å²) in [4.78, 5) is 17.4. The number of aliphatic imine (C=N–C) groups is 1. The quantitative estimate of drug-likeness (QED) is 0.347. The summed E-state index contributed by atoms with van der Waals surface area (Å²) in [5.74, 6) is 1.48. The SMILES string of the molecule is CCc1nncn1CCNC(=NCC(=O)N(C)C)NCCOC. The van der Waals surface area contributed by atoms with E-state index in [1.807, 2.05) is 11.5 Å². The van der Waals surface area contributed by atoms with Crippen LogP contribution in [-0.4, -0.2) is 79.0 Å². The van der Waals surface area contributed by atoms with Crippen molar-refractivity contribution in [2.45, 2.75) is 19.9 Å². The van der Waals surface area contributed by atoms with Crippen LogP contribution in [0.25, 0.3) is 0 Å². The molecule has 0 fully saturated rings. The monoisotopic (exact) mass is 325 g/mol. The largest absolute Gasteiger partial charge is 0.383 e. The highest BCUT2D eigenvalue weighted by Crippen LogP contribution is 1.94. The molecule has 0 atom stereocenters. The topological polar surface area (TPSA) is 96.7 Å². The Bertz CT molecular complexity index is 499. The van der Waals surface area contributed by atoms with Crippen LogP contribution in [0.5, 0.6) is 0 Å². The van der Waals surface area contributed by atoms with Gasteiger partial charge in [0.15, 0.2) is 5.96 Å². The van der Waals surface area contributed by atoms with E-state index in [1.54, 1.807) is 27.5 Å². The number of aryl methyl sites for hydroxylation is 1. The van der Waals surface area contributed by atoms with Gasteiger partial charge in [0.2, 0.25) is 5.91 Å². The number of carbonyl (C=O) groups excluding carboxylic acids is 1. The summed E-state index contributed by atoms with van der Waals surface area (Å²) in [6.45, 7) is 4.70. The van der Waals surface area contributed by atoms with Gasteiger partial charge in [-0.15, -0.1) is 10.2 Å². The van der Waals surface area contributed by atoms with Crippen LogP contribution in [0.1, 0.15) is 12.7 Å². The molecule has 2 N–H and O–H groups in total. The lowest BCUT2D eigenvalue weighted by molar-refractivity contribution is -0.127. The maximum absolute atomic E-state index is 11.6. The van der Waals surface area contributed by atoms with Gasteiger partial charge in [-0.25, -0.2) is 4.99 Å². The smallest absolute Gasteiger partial charge is 0.243 e. The van der Waals surface area contributed by atoms with Gasteiger partial charge in [-0.1, -0.05) is 6.92 Å². The molecule has 0 spiro atoms. The van der Waals surface area contributed by atoms with Crippen molar-refractivity contribution in [2.24, 2.45) is 4.99 Å². The molecular formula is C14H27N7O2. The minimum absolute atomic E-state index is 0.0510. The Hall–Kier alpha value is -2.16. The summed E-state index contributed by atoms with van der Waals surface area (Å²) < 4.78 is 7.00. The normalized spacial score (nSPS) is 11.4. The van der Waals surface area contributed by atoms with Crippen LogP contribution in [0, 0.1) is 0 Å². The molecule has 0 aliphatic rings. The number of methoxy groups -OCH3 is 1. The third-order valence-corrected chi connectivity index (χ3v) is 3.13. The molecule has 1 heterocycles. The zero-order chi connectivity index (χ0) is 17.1. The standard InChI is InChI=1S/C14H27N7O2/c1-5-12-19-18-11-21(12)8-6-15-14(16-7-9-23-4)17-10-13(22)20(2)3/h11H,5-10H2,1-4H3,(H2,15,16,17). The molecule has 0 radical (unpaired) electrons. The highest BCUT2D eigenvalue weighted by atomic mass is 16.5. The third-order valence-electron chi connectivity index (χ3n) is 3.13. The molecule has 0 bridgehead atoms. The second kappa shape index (κ2) is 10.5. The predicted octanol–water partition coefficient (Wildman–Crippen LogP) is -0.890. The predicted molar refractivity (Wildman–Crippen MR) is 88.3 cm³/mol. The van der Waals surface area contributed by atoms with Gasteiger partial charge in [0.05, 0.1) is 6.61 Å². The van der Waals surface area contributed by atoms with Crippen molar-refractivity contribution in [2.75, 3.05) is 47.4 Å². The average molecular weight is 325 g/mol. The molecule has 1 aromatic heterocycles. The number of aromatic nitrogens is 3. The van der Waals surface area contributed by atoms with Crippen LogP contribution in [-0.2, 0) is 22.5 Å². The first-order valence-electron chi connectivity index (χ1n) is 7.66. The zero-order valence-corrected chi connectivity index (χ0v) is 14.4. The van der Waals surface area contributed by atoms with Gasteiger partial charge in [-0.3, -0.25) is 4.79 Å². The number of carbonyl (C=O) groups is 1. The van der Waals surface area contributed by atoms with Crippen LogP contribution in [0.4, 0.5) is 0 Å². The molecule has 0 aromatic carbocycles. The summed E-state index contributed by atoms with van der Waals surface area (Å²) in [6.07, 6.45) is 2.55. The van der Waals surface area contributed by atoms with Crippen LogP contribution >= 0.6 is 0 Å². The summed E-state index contributed by atoms with van der Waals surface area (Å²) in [6, 6.07) is 0. The van der Waals surface area contributed by atoms with E-state index in [9.17, 15) is 4.79 Å². The Morgan fingerprint density at radius 1 is 1.39 bits per heavy atom. The Morgan fingerprint density at radius 3 is 2.78 bits per heavy atom. The van der Waals surface area contributed by atoms with Crippen molar-refractivity contribution in [3.63, 3.8) is 0 Å². The van der Waals surface area contributed by atoms with E-state index in [0.717, 1.165) is 18.8 Å². The molecule has 0 aliphatic heterocycles. The highest BCUT2D eigenvalue weighted by molar-refractivity contribution is 5.84. The lowest BCUT2D eigenvalue weighted by atomic mass is 10.4. The number of likely N-dealkylation sites (N-methyl/N-ethyl adjacent to an activating group) is 1. The number of hydrogen-bond acceptors (Lipinski definition) is 5. The van der Waals surface area contributed by atoms with Crippen molar-refractivity contribution in [1.29, 1.82) is 0 Å². The van der Waals surface area contributed by atoms with E-state index in [0.29, 0.717) is 25.7 Å². The minimum atomic E-state index is -0.0510. The lowest BCUT2D eigenvalue weighted by Crippen LogP contribution is -2.41. The second-order valence-electron chi connectivity index (χ2n) is 5.09. The fraction of sp³-hybridized carbons (Fsp3) is 0.714. The molecule has 1 rings (SSSR count). The van der Waals surface area contributed by atoms with Crippen molar-refractivity contribution in [1.82, 2.24) is 30.3 Å². The fourth-order valence-corrected chi connectivity index (χ4v) is 1.77. The summed E-state index contributed by atoms with van der Waals surface area (Å²) >= 11 is 0. The second-order valence-corrected chi connectivity index (χ2v) is 5.09. The highest BCUT2D eigenvalue weighted by Gasteiger charge is 2.05. The van der Waals surface area contributed by atoms with Crippen molar-refractivity contribution < 1.29 is 9.53 Å². The maximum Gasteiger partial charge on any atom is 0.243 e. The van der Waals surface area contributed by atoms with Gasteiger partial charge in [0.25, 0.3) is 0 Å². The molecule has 130 valence electrons. The summed E-state index contributed by atoms with van der Waals surface area (Å²) in [5.41, 5.74) is 0. The molecule has 0 saturated carbocycles. The number of hydrogen-bond donors (Lipinski definition) is 2. The first-order valence-corrected chi connectivity index (χ1v) is 7.66. The Labute approximate surface area is 137 Å². The van der Waals surface area contributed by atoms with Crippen LogP contribution < -0.4 is 10.6 Å². The van der Waals surface area contributed by atoms with Crippen LogP contribution in [0.2, 0.25) is 0 Å². The van der Waals surface area contributed by atoms with Crippen LogP contribution in [0.3, 0.4) is 0 Å². The van der Waals surface area contributed by atoms with Gasteiger partial charge in [0, 0.05) is 47.3 Å². The third kappa shape index (κ3) is 7.09. The number of rotatable bonds is 9. The first-order chi connectivity index (χ1) is 11.1. The maximum atomic E-state index is 11.6. The molecular weight excluding hydrogens is 298 g/mol. The summed E-state index contributed by atoms with van der Waals surface area (Å²) in [5, 5.41) is 14.3. The molecule has 1 amide bonds. The lowest BCUT2D eigenvalue weighted by Gasteiger charge is -2.14. The Balaban J connectivity index is 2.51. The number of nitrogens with zero attached hydrogens (tertiary/aromatic N) is 5. The van der Waals surface area contributed by atoms with E-state index < -0.39 is 0 Å². The molecule has 0 saturated heterocycles. The van der Waals surface area contributed by atoms with Gasteiger partial charge >= 0.3 is 0 Å². The first kappa shape index (κ1) is 18.9. The molecule has 9 nitrogen and oxygen atoms in total. The Morgan fingerprint density at radius 2 is 2.13 bits per heavy atom. The van der Waals surface area contributed by atoms with E-state index >= 15 is 0 Å². The molecule has 0 unspecified atom stereocenters. The molecule has 1 aromatic rings. The average Bonchev–Trinajstić information content (AvgIpc) is 2.99. The summed E-state index contributed by atoms with van der Waals surface area (Å²) in [7, 11) is 5.06. The minimum Gasteiger partial charge on any atom is -0.383 e. The van der Waals surface area contributed by atoms with Crippen LogP contribution in [0.15, 0.2) is 11.3 Å². The number of amides is 1. The number of guanidine groups is 1. The van der Waals surface area contributed by atoms with E-state index in [2.05, 4.69) is 25.8 Å². The number of ether oxygens (including phenoxy) is 1.